The van der Waals surface area contributed by atoms with Crippen LogP contribution in [0.15, 0.2) is 0 Å². The van der Waals surface area contributed by atoms with Gasteiger partial charge < -0.3 is 21.3 Å². The molecular formula is C7H14N2O3. The van der Waals surface area contributed by atoms with Crippen LogP contribution in [0.1, 0.15) is 12.8 Å². The Kier molecular flexibility index (Phi) is 2.66. The number of rotatable bonds is 4. The minimum absolute atomic E-state index is 0.326. The number of ether oxygens (including phenoxy) is 1. The molecule has 0 aromatic rings. The standard InChI is InChI=1S/C7H14N2O3/c8-5(6(10)11)1-2-7(9)3-12-4-7/h5H,1-4,8-9H2,(H,10,11). The van der Waals surface area contributed by atoms with E-state index in [-0.39, 0.29) is 5.54 Å². The zero-order valence-electron chi connectivity index (χ0n) is 6.82. The highest BCUT2D eigenvalue weighted by atomic mass is 16.5. The summed E-state index contributed by atoms with van der Waals surface area (Å²) < 4.78 is 4.92. The van der Waals surface area contributed by atoms with Gasteiger partial charge >= 0.3 is 5.97 Å². The van der Waals surface area contributed by atoms with Gasteiger partial charge in [0.05, 0.1) is 18.8 Å². The first-order valence-corrected chi connectivity index (χ1v) is 3.88. The summed E-state index contributed by atoms with van der Waals surface area (Å²) in [7, 11) is 0. The molecule has 0 bridgehead atoms. The van der Waals surface area contributed by atoms with Gasteiger partial charge in [0.15, 0.2) is 0 Å². The minimum Gasteiger partial charge on any atom is -0.480 e. The van der Waals surface area contributed by atoms with Crippen LogP contribution in [0.5, 0.6) is 0 Å². The molecule has 12 heavy (non-hydrogen) atoms. The van der Waals surface area contributed by atoms with Crippen molar-refractivity contribution < 1.29 is 14.6 Å². The van der Waals surface area contributed by atoms with E-state index in [1.807, 2.05) is 0 Å². The van der Waals surface area contributed by atoms with Crippen molar-refractivity contribution in [2.45, 2.75) is 24.4 Å². The van der Waals surface area contributed by atoms with Crippen molar-refractivity contribution in [1.82, 2.24) is 0 Å². The SMILES string of the molecule is NC(CCC1(N)COC1)C(=O)O. The van der Waals surface area contributed by atoms with E-state index in [4.69, 9.17) is 21.3 Å². The molecule has 0 aromatic carbocycles. The summed E-state index contributed by atoms with van der Waals surface area (Å²) in [6, 6.07) is -0.800. The molecule has 5 heteroatoms. The topological polar surface area (TPSA) is 98.6 Å². The summed E-state index contributed by atoms with van der Waals surface area (Å²) in [6.45, 7) is 1.03. The molecular weight excluding hydrogens is 160 g/mol. The van der Waals surface area contributed by atoms with Crippen molar-refractivity contribution >= 4 is 5.97 Å². The van der Waals surface area contributed by atoms with Gasteiger partial charge in [-0.25, -0.2) is 0 Å². The van der Waals surface area contributed by atoms with Crippen molar-refractivity contribution in [3.8, 4) is 0 Å². The van der Waals surface area contributed by atoms with Gasteiger partial charge in [-0.15, -0.1) is 0 Å². The zero-order chi connectivity index (χ0) is 9.19. The summed E-state index contributed by atoms with van der Waals surface area (Å²) in [5, 5.41) is 8.47. The highest BCUT2D eigenvalue weighted by Gasteiger charge is 2.34. The van der Waals surface area contributed by atoms with Crippen molar-refractivity contribution in [3.63, 3.8) is 0 Å². The molecule has 1 rings (SSSR count). The van der Waals surface area contributed by atoms with Crippen molar-refractivity contribution in [2.24, 2.45) is 11.5 Å². The number of hydrogen-bond donors (Lipinski definition) is 3. The average Bonchev–Trinajstić information content (AvgIpc) is 1.96. The lowest BCUT2D eigenvalue weighted by Gasteiger charge is -2.38. The van der Waals surface area contributed by atoms with E-state index in [0.717, 1.165) is 0 Å². The van der Waals surface area contributed by atoms with E-state index >= 15 is 0 Å². The van der Waals surface area contributed by atoms with Gasteiger partial charge in [0, 0.05) is 0 Å². The largest absolute Gasteiger partial charge is 0.480 e. The lowest BCUT2D eigenvalue weighted by atomic mass is 9.91. The molecule has 0 saturated carbocycles. The van der Waals surface area contributed by atoms with Gasteiger partial charge in [0.25, 0.3) is 0 Å². The van der Waals surface area contributed by atoms with Crippen LogP contribution in [0.25, 0.3) is 0 Å². The summed E-state index contributed by atoms with van der Waals surface area (Å²) in [5.41, 5.74) is 10.8. The van der Waals surface area contributed by atoms with Gasteiger partial charge in [-0.2, -0.15) is 0 Å². The zero-order valence-corrected chi connectivity index (χ0v) is 6.82. The molecule has 0 spiro atoms. The number of nitrogens with two attached hydrogens (primary N) is 2. The lowest BCUT2D eigenvalue weighted by molar-refractivity contribution is -0.139. The van der Waals surface area contributed by atoms with Crippen LogP contribution in [0.4, 0.5) is 0 Å². The van der Waals surface area contributed by atoms with Gasteiger partial charge in [0.2, 0.25) is 0 Å². The third-order valence-corrected chi connectivity index (χ3v) is 2.05. The Labute approximate surface area is 70.7 Å². The molecule has 0 radical (unpaired) electrons. The summed E-state index contributed by atoms with van der Waals surface area (Å²) in [4.78, 5) is 10.3. The Hall–Kier alpha value is -0.650. The quantitative estimate of drug-likeness (QED) is 0.503. The van der Waals surface area contributed by atoms with Crippen LogP contribution in [-0.4, -0.2) is 35.9 Å². The molecule has 1 aliphatic heterocycles. The second kappa shape index (κ2) is 3.38. The molecule has 5 N–H and O–H groups in total. The Bertz CT molecular complexity index is 179. The van der Waals surface area contributed by atoms with Crippen LogP contribution >= 0.6 is 0 Å². The van der Waals surface area contributed by atoms with Crippen LogP contribution in [-0.2, 0) is 9.53 Å². The maximum Gasteiger partial charge on any atom is 0.320 e. The van der Waals surface area contributed by atoms with E-state index in [2.05, 4.69) is 0 Å². The summed E-state index contributed by atoms with van der Waals surface area (Å²) in [5.74, 6) is -0.973. The van der Waals surface area contributed by atoms with Gasteiger partial charge in [0.1, 0.15) is 6.04 Å². The van der Waals surface area contributed by atoms with Crippen molar-refractivity contribution in [1.29, 1.82) is 0 Å². The second-order valence-corrected chi connectivity index (χ2v) is 3.34. The molecule has 1 fully saturated rings. The molecule has 1 heterocycles. The third-order valence-electron chi connectivity index (χ3n) is 2.05. The summed E-state index contributed by atoms with van der Waals surface area (Å²) in [6.07, 6.45) is 1.02. The minimum atomic E-state index is -0.973. The molecule has 1 saturated heterocycles. The molecule has 0 aromatic heterocycles. The first kappa shape index (κ1) is 9.44. The molecule has 1 aliphatic rings. The molecule has 5 nitrogen and oxygen atoms in total. The fourth-order valence-electron chi connectivity index (χ4n) is 1.08. The highest BCUT2D eigenvalue weighted by Crippen LogP contribution is 2.19. The van der Waals surface area contributed by atoms with E-state index in [0.29, 0.717) is 26.1 Å². The lowest BCUT2D eigenvalue weighted by Crippen LogP contribution is -2.58. The van der Waals surface area contributed by atoms with E-state index in [1.54, 1.807) is 0 Å². The fraction of sp³-hybridized carbons (Fsp3) is 0.857. The normalized spacial score (nSPS) is 22.8. The first-order valence-electron chi connectivity index (χ1n) is 3.88. The number of carbonyl (C=O) groups is 1. The Morgan fingerprint density at radius 3 is 2.58 bits per heavy atom. The molecule has 1 unspecified atom stereocenters. The predicted octanol–water partition coefficient (Wildman–Crippen LogP) is -1.09. The van der Waals surface area contributed by atoms with Gasteiger partial charge in [-0.3, -0.25) is 4.79 Å². The van der Waals surface area contributed by atoms with Crippen LogP contribution in [0.2, 0.25) is 0 Å². The predicted molar refractivity (Wildman–Crippen MR) is 42.6 cm³/mol. The highest BCUT2D eigenvalue weighted by molar-refractivity contribution is 5.72. The third kappa shape index (κ3) is 2.17. The summed E-state index contributed by atoms with van der Waals surface area (Å²) >= 11 is 0. The van der Waals surface area contributed by atoms with Crippen molar-refractivity contribution in [3.05, 3.63) is 0 Å². The molecule has 70 valence electrons. The van der Waals surface area contributed by atoms with Crippen LogP contribution < -0.4 is 11.5 Å². The average molecular weight is 174 g/mol. The maximum absolute atomic E-state index is 10.3. The van der Waals surface area contributed by atoms with E-state index in [1.165, 1.54) is 0 Å². The van der Waals surface area contributed by atoms with Crippen molar-refractivity contribution in [2.75, 3.05) is 13.2 Å². The van der Waals surface area contributed by atoms with Gasteiger partial charge in [-0.05, 0) is 12.8 Å². The van der Waals surface area contributed by atoms with Crippen LogP contribution in [0, 0.1) is 0 Å². The fourth-order valence-corrected chi connectivity index (χ4v) is 1.08. The number of aliphatic carboxylic acids is 1. The first-order chi connectivity index (χ1) is 5.53. The van der Waals surface area contributed by atoms with Crippen LogP contribution in [0.3, 0.4) is 0 Å². The Morgan fingerprint density at radius 1 is 1.67 bits per heavy atom. The molecule has 1 atom stereocenters. The molecule has 0 aliphatic carbocycles. The second-order valence-electron chi connectivity index (χ2n) is 3.34. The Morgan fingerprint density at radius 2 is 2.25 bits per heavy atom. The van der Waals surface area contributed by atoms with E-state index in [9.17, 15) is 4.79 Å². The number of carboxylic acid groups (broad SMARTS) is 1. The Balaban J connectivity index is 2.20. The monoisotopic (exact) mass is 174 g/mol. The smallest absolute Gasteiger partial charge is 0.320 e. The number of hydrogen-bond acceptors (Lipinski definition) is 4. The number of carboxylic acids is 1. The molecule has 0 amide bonds. The maximum atomic E-state index is 10.3. The van der Waals surface area contributed by atoms with Gasteiger partial charge in [-0.1, -0.05) is 0 Å². The van der Waals surface area contributed by atoms with E-state index < -0.39 is 12.0 Å².